The largest absolute Gasteiger partial charge is 0.382 e. The smallest absolute Gasteiger partial charge is 0.323 e. The molecule has 2 amide bonds. The SMILES string of the molecule is Cc1ccc(NC(=O)Nc2ccc(C)c(OS(=O)(=O)Cc3ccccc3)c2)cc1OS(=O)(=O)Cc1ccccc1. The van der Waals surface area contributed by atoms with Crippen molar-refractivity contribution >= 4 is 37.6 Å². The zero-order valence-corrected chi connectivity index (χ0v) is 23.5. The number of urea groups is 1. The zero-order chi connectivity index (χ0) is 28.8. The molecule has 4 aromatic carbocycles. The van der Waals surface area contributed by atoms with Gasteiger partial charge in [0.05, 0.1) is 0 Å². The van der Waals surface area contributed by atoms with Crippen LogP contribution in [0.2, 0.25) is 0 Å². The number of amides is 2. The number of hydrogen-bond acceptors (Lipinski definition) is 7. The number of rotatable bonds is 10. The van der Waals surface area contributed by atoms with Crippen molar-refractivity contribution in [3.8, 4) is 11.5 Å². The highest BCUT2D eigenvalue weighted by Gasteiger charge is 2.18. The lowest BCUT2D eigenvalue weighted by atomic mass is 10.2. The summed E-state index contributed by atoms with van der Waals surface area (Å²) in [6.07, 6.45) is 0. The molecule has 208 valence electrons. The highest BCUT2D eigenvalue weighted by atomic mass is 32.2. The topological polar surface area (TPSA) is 128 Å². The Morgan fingerprint density at radius 1 is 0.600 bits per heavy atom. The van der Waals surface area contributed by atoms with E-state index in [0.29, 0.717) is 33.6 Å². The molecule has 4 aromatic rings. The van der Waals surface area contributed by atoms with E-state index in [1.54, 1.807) is 98.8 Å². The fourth-order valence-corrected chi connectivity index (χ4v) is 5.94. The first-order chi connectivity index (χ1) is 19.0. The number of anilines is 2. The Labute approximate surface area is 234 Å². The van der Waals surface area contributed by atoms with Crippen molar-refractivity contribution in [3.63, 3.8) is 0 Å². The number of carbonyl (C=O) groups is 1. The summed E-state index contributed by atoms with van der Waals surface area (Å²) in [6.45, 7) is 3.38. The molecule has 11 heteroatoms. The van der Waals surface area contributed by atoms with Gasteiger partial charge in [-0.15, -0.1) is 0 Å². The summed E-state index contributed by atoms with van der Waals surface area (Å²) >= 11 is 0. The molecule has 2 N–H and O–H groups in total. The molecule has 0 aliphatic rings. The van der Waals surface area contributed by atoms with E-state index in [2.05, 4.69) is 10.6 Å². The van der Waals surface area contributed by atoms with Gasteiger partial charge in [-0.1, -0.05) is 72.8 Å². The fourth-order valence-electron chi connectivity index (χ4n) is 3.72. The van der Waals surface area contributed by atoms with Crippen LogP contribution in [0.4, 0.5) is 16.2 Å². The van der Waals surface area contributed by atoms with Crippen LogP contribution in [-0.2, 0) is 31.7 Å². The molecule has 0 atom stereocenters. The van der Waals surface area contributed by atoms with Crippen molar-refractivity contribution in [2.75, 3.05) is 10.6 Å². The van der Waals surface area contributed by atoms with E-state index in [9.17, 15) is 21.6 Å². The van der Waals surface area contributed by atoms with Gasteiger partial charge in [-0.3, -0.25) is 0 Å². The van der Waals surface area contributed by atoms with E-state index < -0.39 is 26.3 Å². The van der Waals surface area contributed by atoms with Crippen LogP contribution < -0.4 is 19.0 Å². The third-order valence-corrected chi connectivity index (χ3v) is 7.94. The summed E-state index contributed by atoms with van der Waals surface area (Å²) in [5.74, 6) is -0.430. The molecule has 4 rings (SSSR count). The minimum absolute atomic E-state index is 0.0865. The van der Waals surface area contributed by atoms with Gasteiger partial charge in [-0.25, -0.2) is 4.79 Å². The predicted molar refractivity (Wildman–Crippen MR) is 154 cm³/mol. The quantitative estimate of drug-likeness (QED) is 0.228. The molecule has 0 saturated carbocycles. The molecule has 0 spiro atoms. The molecular weight excluding hydrogens is 552 g/mol. The Morgan fingerprint density at radius 3 is 1.35 bits per heavy atom. The molecule has 0 aromatic heterocycles. The van der Waals surface area contributed by atoms with Gasteiger partial charge in [0.2, 0.25) is 0 Å². The van der Waals surface area contributed by atoms with Gasteiger partial charge in [0.1, 0.15) is 23.0 Å². The van der Waals surface area contributed by atoms with E-state index in [1.807, 2.05) is 0 Å². The molecule has 0 bridgehead atoms. The van der Waals surface area contributed by atoms with Gasteiger partial charge in [0.15, 0.2) is 0 Å². The lowest BCUT2D eigenvalue weighted by molar-refractivity contribution is 0.262. The summed E-state index contributed by atoms with van der Waals surface area (Å²) in [5.41, 5.74) is 2.90. The van der Waals surface area contributed by atoms with E-state index in [4.69, 9.17) is 8.37 Å². The maximum Gasteiger partial charge on any atom is 0.323 e. The first kappa shape index (κ1) is 28.7. The summed E-state index contributed by atoms with van der Waals surface area (Å²) < 4.78 is 61.0. The first-order valence-corrected chi connectivity index (χ1v) is 15.3. The maximum absolute atomic E-state index is 12.7. The maximum atomic E-state index is 12.7. The number of nitrogens with one attached hydrogen (secondary N) is 2. The van der Waals surface area contributed by atoms with Crippen LogP contribution in [0.5, 0.6) is 11.5 Å². The number of hydrogen-bond donors (Lipinski definition) is 2. The lowest BCUT2D eigenvalue weighted by Gasteiger charge is -2.14. The third-order valence-electron chi connectivity index (χ3n) is 5.70. The average molecular weight is 581 g/mol. The van der Waals surface area contributed by atoms with E-state index in [0.717, 1.165) is 0 Å². The Kier molecular flexibility index (Phi) is 8.76. The zero-order valence-electron chi connectivity index (χ0n) is 21.8. The van der Waals surface area contributed by atoms with E-state index >= 15 is 0 Å². The van der Waals surface area contributed by atoms with Gasteiger partial charge in [-0.05, 0) is 48.2 Å². The van der Waals surface area contributed by atoms with E-state index in [-0.39, 0.29) is 23.0 Å². The molecule has 0 unspecified atom stereocenters. The van der Waals surface area contributed by atoms with Crippen molar-refractivity contribution in [1.29, 1.82) is 0 Å². The van der Waals surface area contributed by atoms with Gasteiger partial charge < -0.3 is 19.0 Å². The standard InChI is InChI=1S/C29H28N2O7S2/c1-21-13-15-25(17-27(21)37-39(33,34)19-23-9-5-3-6-10-23)30-29(32)31-26-16-14-22(2)28(18-26)38-40(35,36)20-24-11-7-4-8-12-24/h3-18H,19-20H2,1-2H3,(H2,30,31,32). The van der Waals surface area contributed by atoms with E-state index in [1.165, 1.54) is 12.1 Å². The number of benzene rings is 4. The van der Waals surface area contributed by atoms with Crippen molar-refractivity contribution in [2.24, 2.45) is 0 Å². The lowest BCUT2D eigenvalue weighted by Crippen LogP contribution is -2.20. The second kappa shape index (κ2) is 12.2. The Hall–Kier alpha value is -4.35. The molecule has 0 radical (unpaired) electrons. The molecule has 0 aliphatic carbocycles. The summed E-state index contributed by atoms with van der Waals surface area (Å²) in [7, 11) is -7.88. The molecule has 0 saturated heterocycles. The predicted octanol–water partition coefficient (Wildman–Crippen LogP) is 5.77. The van der Waals surface area contributed by atoms with Crippen molar-refractivity contribution in [1.82, 2.24) is 0 Å². The van der Waals surface area contributed by atoms with Gasteiger partial charge in [-0.2, -0.15) is 16.8 Å². The Balaban J connectivity index is 1.41. The van der Waals surface area contributed by atoms with Gasteiger partial charge in [0.25, 0.3) is 0 Å². The monoisotopic (exact) mass is 580 g/mol. The molecule has 0 heterocycles. The van der Waals surface area contributed by atoms with Gasteiger partial charge >= 0.3 is 26.3 Å². The van der Waals surface area contributed by atoms with Crippen molar-refractivity contribution < 1.29 is 30.0 Å². The molecular formula is C29H28N2O7S2. The van der Waals surface area contributed by atoms with Crippen molar-refractivity contribution in [3.05, 3.63) is 119 Å². The molecule has 0 aliphatic heterocycles. The summed E-state index contributed by atoms with van der Waals surface area (Å²) in [4.78, 5) is 12.7. The fraction of sp³-hybridized carbons (Fsp3) is 0.138. The second-order valence-corrected chi connectivity index (χ2v) is 12.2. The van der Waals surface area contributed by atoms with Crippen LogP contribution in [0, 0.1) is 13.8 Å². The normalized spacial score (nSPS) is 11.4. The highest BCUT2D eigenvalue weighted by Crippen LogP contribution is 2.27. The van der Waals surface area contributed by atoms with Crippen LogP contribution in [0.1, 0.15) is 22.3 Å². The van der Waals surface area contributed by atoms with Crippen LogP contribution in [0.15, 0.2) is 97.1 Å². The highest BCUT2D eigenvalue weighted by molar-refractivity contribution is 7.86. The Morgan fingerprint density at radius 2 is 0.975 bits per heavy atom. The van der Waals surface area contributed by atoms with Crippen molar-refractivity contribution in [2.45, 2.75) is 25.4 Å². The second-order valence-electron chi connectivity index (χ2n) is 9.08. The van der Waals surface area contributed by atoms with Crippen LogP contribution in [-0.4, -0.2) is 22.9 Å². The molecule has 9 nitrogen and oxygen atoms in total. The van der Waals surface area contributed by atoms with Crippen LogP contribution >= 0.6 is 0 Å². The van der Waals surface area contributed by atoms with Crippen LogP contribution in [0.25, 0.3) is 0 Å². The molecule has 0 fully saturated rings. The number of carbonyl (C=O) groups excluding carboxylic acids is 1. The minimum atomic E-state index is -3.94. The molecule has 40 heavy (non-hydrogen) atoms. The summed E-state index contributed by atoms with van der Waals surface area (Å²) in [6, 6.07) is 26.0. The third kappa shape index (κ3) is 8.32. The Bertz CT molecular complexity index is 1580. The van der Waals surface area contributed by atoms with Crippen LogP contribution in [0.3, 0.4) is 0 Å². The summed E-state index contributed by atoms with van der Waals surface area (Å²) in [5, 5.41) is 5.25. The first-order valence-electron chi connectivity index (χ1n) is 12.2. The average Bonchev–Trinajstić information content (AvgIpc) is 2.88. The minimum Gasteiger partial charge on any atom is -0.382 e. The van der Waals surface area contributed by atoms with Gasteiger partial charge in [0, 0.05) is 23.5 Å². The number of aryl methyl sites for hydroxylation is 2.